The average molecular weight is 336 g/mol. The molecule has 0 bridgehead atoms. The molecular weight excluding hydrogens is 297 g/mol. The van der Waals surface area contributed by atoms with Crippen LogP contribution in [0, 0.1) is 0 Å². The largest absolute Gasteiger partial charge is 0.300 e. The zero-order valence-electron chi connectivity index (χ0n) is 15.8. The van der Waals surface area contributed by atoms with Gasteiger partial charge in [-0.1, -0.05) is 53.1 Å². The molecule has 3 nitrogen and oxygen atoms in total. The van der Waals surface area contributed by atoms with Crippen molar-refractivity contribution < 1.29 is 0 Å². The van der Waals surface area contributed by atoms with E-state index in [2.05, 4.69) is 87.7 Å². The van der Waals surface area contributed by atoms with Gasteiger partial charge in [0.2, 0.25) is 0 Å². The highest BCUT2D eigenvalue weighted by Gasteiger charge is 2.42. The van der Waals surface area contributed by atoms with Crippen molar-refractivity contribution in [3.63, 3.8) is 0 Å². The van der Waals surface area contributed by atoms with Crippen LogP contribution >= 0.6 is 8.37 Å². The molecule has 122 valence electrons. The van der Waals surface area contributed by atoms with Gasteiger partial charge in [0, 0.05) is 18.6 Å². The first kappa shape index (κ1) is 20.7. The molecule has 0 aliphatic rings. The van der Waals surface area contributed by atoms with Gasteiger partial charge in [0.25, 0.3) is 0 Å². The summed E-state index contributed by atoms with van der Waals surface area (Å²) in [7, 11) is -3.13. The molecule has 0 aromatic rings. The highest BCUT2D eigenvalue weighted by Crippen LogP contribution is 2.48. The maximum atomic E-state index is 3.96. The van der Waals surface area contributed by atoms with Crippen LogP contribution in [0.5, 0.6) is 0 Å². The monoisotopic (exact) mass is 335 g/mol. The van der Waals surface area contributed by atoms with Crippen molar-refractivity contribution in [2.24, 2.45) is 0 Å². The topological polar surface area (TPSA) is 18.5 Å². The Bertz CT molecular complexity index is 274. The van der Waals surface area contributed by atoms with E-state index < -0.39 is 24.8 Å². The molecule has 6 heteroatoms. The van der Waals surface area contributed by atoms with Crippen LogP contribution < -0.4 is 5.09 Å². The van der Waals surface area contributed by atoms with Crippen LogP contribution in [0.1, 0.15) is 34.6 Å². The number of hydrogen-bond donors (Lipinski definition) is 1. The second-order valence-electron chi connectivity index (χ2n) is 8.44. The lowest BCUT2D eigenvalue weighted by molar-refractivity contribution is 0.448. The Morgan fingerprint density at radius 1 is 0.850 bits per heavy atom. The van der Waals surface area contributed by atoms with Crippen molar-refractivity contribution in [3.05, 3.63) is 0 Å². The van der Waals surface area contributed by atoms with E-state index in [1.165, 1.54) is 0 Å². The van der Waals surface area contributed by atoms with Gasteiger partial charge in [-0.15, -0.1) is 0 Å². The minimum absolute atomic E-state index is 0.159. The van der Waals surface area contributed by atoms with Gasteiger partial charge in [0.1, 0.15) is 24.8 Å². The zero-order valence-corrected chi connectivity index (χ0v) is 18.7. The van der Waals surface area contributed by atoms with Gasteiger partial charge >= 0.3 is 0 Å². The van der Waals surface area contributed by atoms with Crippen molar-refractivity contribution >= 4 is 24.8 Å². The number of nitrogens with one attached hydrogen (secondary N) is 1. The summed E-state index contributed by atoms with van der Waals surface area (Å²) in [6.07, 6.45) is 0. The quantitative estimate of drug-likeness (QED) is 0.526. The summed E-state index contributed by atoms with van der Waals surface area (Å²) in [4.78, 5) is 0. The summed E-state index contributed by atoms with van der Waals surface area (Å²) >= 11 is 0. The van der Waals surface area contributed by atoms with E-state index >= 15 is 0 Å². The fraction of sp³-hybridized carbons (Fsp3) is 1.00. The Hall–Kier alpha value is 0.744. The molecule has 0 aromatic heterocycles. The number of hydrogen-bond acceptors (Lipinski definition) is 3. The SMILES string of the molecule is CCN(CC)P(NC(C)(C)C)N([Si](C)(C)C)[Si](C)(C)C. The Labute approximate surface area is 131 Å². The Morgan fingerprint density at radius 2 is 1.20 bits per heavy atom. The standard InChI is InChI=1S/C14H38N3PSi2/c1-12-16(13-2)18(15-14(3,4)5)17(19(6,7)8)20(9,10)11/h15H,12-13H2,1-11H3. The zero-order chi connectivity index (χ0) is 16.4. The fourth-order valence-electron chi connectivity index (χ4n) is 2.61. The summed E-state index contributed by atoms with van der Waals surface area (Å²) < 4.78 is 5.57. The molecule has 0 saturated heterocycles. The second kappa shape index (κ2) is 7.34. The van der Waals surface area contributed by atoms with Crippen LogP contribution in [0.2, 0.25) is 39.3 Å². The number of nitrogens with zero attached hydrogens (tertiary/aromatic N) is 2. The first-order valence-electron chi connectivity index (χ1n) is 7.87. The van der Waals surface area contributed by atoms with Gasteiger partial charge in [-0.3, -0.25) is 9.76 Å². The van der Waals surface area contributed by atoms with Crippen molar-refractivity contribution in [1.29, 1.82) is 0 Å². The van der Waals surface area contributed by atoms with Crippen LogP contribution in [0.25, 0.3) is 0 Å². The summed E-state index contributed by atoms with van der Waals surface area (Å²) in [6.45, 7) is 28.7. The second-order valence-corrected chi connectivity index (χ2v) is 21.0. The molecule has 1 N–H and O–H groups in total. The van der Waals surface area contributed by atoms with Crippen LogP contribution in [0.3, 0.4) is 0 Å². The van der Waals surface area contributed by atoms with Gasteiger partial charge in [-0.2, -0.15) is 0 Å². The van der Waals surface area contributed by atoms with Crippen molar-refractivity contribution in [3.8, 4) is 0 Å². The molecule has 1 atom stereocenters. The number of rotatable bonds is 7. The van der Waals surface area contributed by atoms with Crippen molar-refractivity contribution in [2.75, 3.05) is 13.1 Å². The minimum Gasteiger partial charge on any atom is -0.300 e. The van der Waals surface area contributed by atoms with E-state index in [0.717, 1.165) is 13.1 Å². The van der Waals surface area contributed by atoms with Crippen LogP contribution in [0.15, 0.2) is 0 Å². The third-order valence-electron chi connectivity index (χ3n) is 2.89. The third-order valence-corrected chi connectivity index (χ3v) is 16.5. The predicted octanol–water partition coefficient (Wildman–Crippen LogP) is 4.92. The molecule has 1 unspecified atom stereocenters. The highest BCUT2D eigenvalue weighted by atomic mass is 31.2. The molecule has 0 radical (unpaired) electrons. The lowest BCUT2D eigenvalue weighted by atomic mass is 10.1. The summed E-state index contributed by atoms with van der Waals surface area (Å²) in [5, 5.41) is 3.96. The summed E-state index contributed by atoms with van der Waals surface area (Å²) in [5.41, 5.74) is 0.159. The average Bonchev–Trinajstić information content (AvgIpc) is 2.11. The minimum atomic E-state index is -1.36. The molecule has 0 aliphatic heterocycles. The van der Waals surface area contributed by atoms with Crippen LogP contribution in [-0.2, 0) is 0 Å². The molecule has 0 rings (SSSR count). The first-order chi connectivity index (χ1) is 8.74. The van der Waals surface area contributed by atoms with E-state index in [9.17, 15) is 0 Å². The van der Waals surface area contributed by atoms with E-state index in [0.29, 0.717) is 0 Å². The van der Waals surface area contributed by atoms with Gasteiger partial charge in [-0.25, -0.2) is 0 Å². The van der Waals surface area contributed by atoms with Crippen LogP contribution in [0.4, 0.5) is 0 Å². The lowest BCUT2D eigenvalue weighted by Crippen LogP contribution is -2.60. The van der Waals surface area contributed by atoms with E-state index in [-0.39, 0.29) is 5.54 Å². The van der Waals surface area contributed by atoms with Crippen molar-refractivity contribution in [1.82, 2.24) is 13.8 Å². The highest BCUT2D eigenvalue weighted by molar-refractivity contribution is 7.56. The predicted molar refractivity (Wildman–Crippen MR) is 101 cm³/mol. The molecule has 0 aliphatic carbocycles. The Morgan fingerprint density at radius 3 is 1.40 bits per heavy atom. The molecule has 0 amide bonds. The molecule has 0 spiro atoms. The smallest absolute Gasteiger partial charge is 0.118 e. The van der Waals surface area contributed by atoms with Gasteiger partial charge in [0.05, 0.1) is 0 Å². The fourth-order valence-corrected chi connectivity index (χ4v) is 17.9. The maximum absolute atomic E-state index is 3.96. The molecule has 0 aromatic carbocycles. The molecule has 0 heterocycles. The van der Waals surface area contributed by atoms with E-state index in [1.54, 1.807) is 0 Å². The van der Waals surface area contributed by atoms with Crippen LogP contribution in [-0.4, -0.2) is 43.8 Å². The summed E-state index contributed by atoms with van der Waals surface area (Å²) in [6, 6.07) is 0. The lowest BCUT2D eigenvalue weighted by Gasteiger charge is -2.52. The Balaban J connectivity index is 5.65. The summed E-state index contributed by atoms with van der Waals surface area (Å²) in [5.74, 6) is 0. The Kier molecular flexibility index (Phi) is 7.61. The van der Waals surface area contributed by atoms with E-state index in [1.807, 2.05) is 0 Å². The third kappa shape index (κ3) is 6.67. The molecule has 20 heavy (non-hydrogen) atoms. The van der Waals surface area contributed by atoms with Gasteiger partial charge < -0.3 is 4.00 Å². The normalized spacial score (nSPS) is 16.1. The molecular formula is C14H38N3PSi2. The maximum Gasteiger partial charge on any atom is 0.118 e. The van der Waals surface area contributed by atoms with Gasteiger partial charge in [-0.05, 0) is 20.8 Å². The molecule has 0 fully saturated rings. The van der Waals surface area contributed by atoms with Crippen molar-refractivity contribution in [2.45, 2.75) is 79.4 Å². The van der Waals surface area contributed by atoms with E-state index in [4.69, 9.17) is 0 Å². The molecule has 0 saturated carbocycles. The van der Waals surface area contributed by atoms with Gasteiger partial charge in [0.15, 0.2) is 0 Å². The first-order valence-corrected chi connectivity index (χ1v) is 16.0.